The van der Waals surface area contributed by atoms with Crippen LogP contribution in [-0.4, -0.2) is 38.0 Å². The summed E-state index contributed by atoms with van der Waals surface area (Å²) in [4.78, 5) is 17.1. The number of nitrogens with zero attached hydrogens (tertiary/aromatic N) is 5. The van der Waals surface area contributed by atoms with Gasteiger partial charge >= 0.3 is 0 Å². The maximum absolute atomic E-state index is 14.6. The number of ether oxygens (including phenoxy) is 1. The monoisotopic (exact) mass is 448 g/mol. The molecule has 0 fully saturated rings. The van der Waals surface area contributed by atoms with Crippen molar-refractivity contribution in [2.45, 2.75) is 19.3 Å². The molecule has 4 aromatic rings. The lowest BCUT2D eigenvalue weighted by atomic mass is 9.85. The lowest BCUT2D eigenvalue weighted by Crippen LogP contribution is -2.25. The van der Waals surface area contributed by atoms with Gasteiger partial charge in [-0.3, -0.25) is 4.79 Å². The minimum atomic E-state index is -0.716. The number of benzene rings is 2. The largest absolute Gasteiger partial charge is 0.497 e. The Labute approximate surface area is 187 Å². The summed E-state index contributed by atoms with van der Waals surface area (Å²) in [6.45, 7) is 1.75. The molecule has 10 heteroatoms. The lowest BCUT2D eigenvalue weighted by molar-refractivity contribution is -0.116. The molecular weight excluding hydrogens is 430 g/mol. The van der Waals surface area contributed by atoms with Crippen molar-refractivity contribution >= 4 is 11.7 Å². The zero-order chi connectivity index (χ0) is 23.1. The molecule has 1 atom stereocenters. The zero-order valence-corrected chi connectivity index (χ0v) is 17.7. The van der Waals surface area contributed by atoms with Crippen LogP contribution in [0.2, 0.25) is 0 Å². The molecule has 33 heavy (non-hydrogen) atoms. The van der Waals surface area contributed by atoms with E-state index < -0.39 is 17.6 Å². The van der Waals surface area contributed by atoms with Gasteiger partial charge in [0, 0.05) is 29.5 Å². The van der Waals surface area contributed by atoms with Crippen molar-refractivity contribution in [3.63, 3.8) is 0 Å². The summed E-state index contributed by atoms with van der Waals surface area (Å²) in [5, 5.41) is 15.4. The van der Waals surface area contributed by atoms with Gasteiger partial charge in [0.1, 0.15) is 23.2 Å². The number of hydrogen-bond donors (Lipinski definition) is 1. The number of nitrogens with one attached hydrogen (secondary N) is 1. The highest BCUT2D eigenvalue weighted by Crippen LogP contribution is 2.40. The average molecular weight is 448 g/mol. The molecule has 0 saturated carbocycles. The quantitative estimate of drug-likeness (QED) is 0.510. The number of aromatic nitrogens is 5. The van der Waals surface area contributed by atoms with Crippen LogP contribution in [0, 0.1) is 18.6 Å². The van der Waals surface area contributed by atoms with Crippen molar-refractivity contribution in [1.82, 2.24) is 25.0 Å². The van der Waals surface area contributed by atoms with Crippen LogP contribution in [0.15, 0.2) is 48.7 Å². The number of fused-ring (bicyclic) bond motifs is 1. The number of rotatable bonds is 4. The van der Waals surface area contributed by atoms with Crippen molar-refractivity contribution in [3.8, 4) is 23.0 Å². The first-order valence-electron chi connectivity index (χ1n) is 10.1. The van der Waals surface area contributed by atoms with E-state index in [-0.39, 0.29) is 23.8 Å². The number of hydrogen-bond acceptors (Lipinski definition) is 6. The number of halogens is 2. The highest BCUT2D eigenvalue weighted by Gasteiger charge is 2.34. The minimum absolute atomic E-state index is 0.00702. The van der Waals surface area contributed by atoms with Crippen molar-refractivity contribution in [1.29, 1.82) is 0 Å². The first kappa shape index (κ1) is 20.7. The van der Waals surface area contributed by atoms with E-state index in [2.05, 4.69) is 25.6 Å². The number of carbonyl (C=O) groups excluding carboxylic acids is 1. The van der Waals surface area contributed by atoms with E-state index in [1.54, 1.807) is 26.2 Å². The van der Waals surface area contributed by atoms with E-state index in [0.29, 0.717) is 28.5 Å². The Morgan fingerprint density at radius 3 is 2.67 bits per heavy atom. The second-order valence-corrected chi connectivity index (χ2v) is 7.60. The third kappa shape index (κ3) is 3.69. The number of methoxy groups -OCH3 is 1. The standard InChI is InChI=1S/C23H18F2N6O2/c1-12-21-17(16-8-5-14(24)9-18(16)25)10-20(32)28-22(21)31(30-12)23-27-19(11-26-29-23)13-3-6-15(33-2)7-4-13/h3-9,11,17H,10H2,1-2H3,(H,28,32). The highest BCUT2D eigenvalue weighted by atomic mass is 19.1. The van der Waals surface area contributed by atoms with E-state index >= 15 is 0 Å². The first-order chi connectivity index (χ1) is 15.9. The molecule has 2 aromatic heterocycles. The summed E-state index contributed by atoms with van der Waals surface area (Å²) in [5.74, 6) is -1.15. The maximum Gasteiger partial charge on any atom is 0.272 e. The molecule has 3 heterocycles. The Morgan fingerprint density at radius 1 is 1.15 bits per heavy atom. The molecule has 0 saturated heterocycles. The van der Waals surface area contributed by atoms with Crippen molar-refractivity contribution in [2.24, 2.45) is 0 Å². The highest BCUT2D eigenvalue weighted by molar-refractivity contribution is 5.95. The molecule has 1 N–H and O–H groups in total. The predicted octanol–water partition coefficient (Wildman–Crippen LogP) is 3.79. The van der Waals surface area contributed by atoms with Crippen LogP contribution in [0.4, 0.5) is 14.6 Å². The smallest absolute Gasteiger partial charge is 0.272 e. The van der Waals surface area contributed by atoms with Gasteiger partial charge < -0.3 is 10.1 Å². The fourth-order valence-electron chi connectivity index (χ4n) is 4.03. The van der Waals surface area contributed by atoms with Crippen LogP contribution in [0.5, 0.6) is 5.75 Å². The SMILES string of the molecule is COc1ccc(-c2cnnc(-n3nc(C)c4c3NC(=O)CC4c3ccc(F)cc3F)n2)cc1. The van der Waals surface area contributed by atoms with E-state index in [9.17, 15) is 13.6 Å². The molecule has 8 nitrogen and oxygen atoms in total. The van der Waals surface area contributed by atoms with Crippen molar-refractivity contribution in [3.05, 3.63) is 77.1 Å². The van der Waals surface area contributed by atoms with Gasteiger partial charge in [0.2, 0.25) is 5.91 Å². The van der Waals surface area contributed by atoms with E-state index in [4.69, 9.17) is 4.74 Å². The molecule has 1 aliphatic heterocycles. The summed E-state index contributed by atoms with van der Waals surface area (Å²) in [6, 6.07) is 10.6. The van der Waals surface area contributed by atoms with Gasteiger partial charge in [-0.25, -0.2) is 13.8 Å². The van der Waals surface area contributed by atoms with E-state index in [1.807, 2.05) is 12.1 Å². The van der Waals surface area contributed by atoms with Crippen LogP contribution in [-0.2, 0) is 4.79 Å². The topological polar surface area (TPSA) is 94.8 Å². The molecular formula is C23H18F2N6O2. The second-order valence-electron chi connectivity index (χ2n) is 7.60. The Balaban J connectivity index is 1.60. The third-order valence-electron chi connectivity index (χ3n) is 5.56. The van der Waals surface area contributed by atoms with Gasteiger partial charge in [0.25, 0.3) is 5.95 Å². The average Bonchev–Trinajstić information content (AvgIpc) is 3.15. The molecule has 1 unspecified atom stereocenters. The molecule has 0 spiro atoms. The van der Waals surface area contributed by atoms with Crippen molar-refractivity contribution < 1.29 is 18.3 Å². The van der Waals surface area contributed by atoms with Gasteiger partial charge in [-0.2, -0.15) is 14.9 Å². The summed E-state index contributed by atoms with van der Waals surface area (Å²) in [6.07, 6.45) is 1.52. The summed E-state index contributed by atoms with van der Waals surface area (Å²) < 4.78 is 34.6. The van der Waals surface area contributed by atoms with Crippen LogP contribution in [0.1, 0.15) is 29.2 Å². The number of carbonyl (C=O) groups is 1. The van der Waals surface area contributed by atoms with E-state index in [1.165, 1.54) is 23.0 Å². The van der Waals surface area contributed by atoms with Gasteiger partial charge in [-0.15, -0.1) is 5.10 Å². The molecule has 166 valence electrons. The van der Waals surface area contributed by atoms with Crippen LogP contribution >= 0.6 is 0 Å². The molecule has 2 aromatic carbocycles. The molecule has 0 aliphatic carbocycles. The normalized spacial score (nSPS) is 15.2. The molecule has 1 aliphatic rings. The second kappa shape index (κ2) is 8.05. The Kier molecular flexibility index (Phi) is 5.04. The summed E-state index contributed by atoms with van der Waals surface area (Å²) >= 11 is 0. The molecule has 0 bridgehead atoms. The lowest BCUT2D eigenvalue weighted by Gasteiger charge is -2.24. The summed E-state index contributed by atoms with van der Waals surface area (Å²) in [7, 11) is 1.59. The first-order valence-corrected chi connectivity index (χ1v) is 10.1. The summed E-state index contributed by atoms with van der Waals surface area (Å²) in [5.41, 5.74) is 2.75. The zero-order valence-electron chi connectivity index (χ0n) is 17.7. The number of aryl methyl sites for hydroxylation is 1. The van der Waals surface area contributed by atoms with Gasteiger partial charge in [0.15, 0.2) is 0 Å². The molecule has 0 radical (unpaired) electrons. The molecule has 1 amide bonds. The third-order valence-corrected chi connectivity index (χ3v) is 5.56. The van der Waals surface area contributed by atoms with Crippen LogP contribution in [0.3, 0.4) is 0 Å². The maximum atomic E-state index is 14.6. The molecule has 5 rings (SSSR count). The van der Waals surface area contributed by atoms with Crippen LogP contribution < -0.4 is 10.1 Å². The fraction of sp³-hybridized carbons (Fsp3) is 0.174. The van der Waals surface area contributed by atoms with E-state index in [0.717, 1.165) is 11.6 Å². The minimum Gasteiger partial charge on any atom is -0.497 e. The van der Waals surface area contributed by atoms with Gasteiger partial charge in [0.05, 0.1) is 24.7 Å². The number of anilines is 1. The Morgan fingerprint density at radius 2 is 1.94 bits per heavy atom. The predicted molar refractivity (Wildman–Crippen MR) is 115 cm³/mol. The van der Waals surface area contributed by atoms with Gasteiger partial charge in [-0.05, 0) is 42.8 Å². The van der Waals surface area contributed by atoms with Crippen molar-refractivity contribution in [2.75, 3.05) is 12.4 Å². The Bertz CT molecular complexity index is 1370. The fourth-order valence-corrected chi connectivity index (χ4v) is 4.03. The Hall–Kier alpha value is -4.21. The van der Waals surface area contributed by atoms with Crippen LogP contribution in [0.25, 0.3) is 17.2 Å². The van der Waals surface area contributed by atoms with Gasteiger partial charge in [-0.1, -0.05) is 6.07 Å². The number of amides is 1.